The minimum Gasteiger partial charge on any atom is -0.486 e. The van der Waals surface area contributed by atoms with Gasteiger partial charge in [0.25, 0.3) is 0 Å². The van der Waals surface area contributed by atoms with E-state index in [-0.39, 0.29) is 0 Å². The molecular formula is C18H20N2O. The summed E-state index contributed by atoms with van der Waals surface area (Å²) in [6.07, 6.45) is 3.49. The van der Waals surface area contributed by atoms with Gasteiger partial charge in [0.2, 0.25) is 0 Å². The van der Waals surface area contributed by atoms with Crippen molar-refractivity contribution in [3.05, 3.63) is 60.0 Å². The highest BCUT2D eigenvalue weighted by Crippen LogP contribution is 2.27. The maximum atomic E-state index is 5.87. The summed E-state index contributed by atoms with van der Waals surface area (Å²) in [7, 11) is 0. The Morgan fingerprint density at radius 1 is 1.19 bits per heavy atom. The van der Waals surface area contributed by atoms with Crippen LogP contribution < -0.4 is 4.74 Å². The fraction of sp³-hybridized carbons (Fsp3) is 0.278. The van der Waals surface area contributed by atoms with Crippen molar-refractivity contribution in [2.24, 2.45) is 0 Å². The molecule has 21 heavy (non-hydrogen) atoms. The van der Waals surface area contributed by atoms with Gasteiger partial charge in [-0.3, -0.25) is 4.98 Å². The lowest BCUT2D eigenvalue weighted by atomic mass is 10.1. The van der Waals surface area contributed by atoms with Crippen LogP contribution in [-0.2, 0) is 6.61 Å². The van der Waals surface area contributed by atoms with E-state index in [0.29, 0.717) is 12.6 Å². The van der Waals surface area contributed by atoms with Crippen LogP contribution in [0.3, 0.4) is 0 Å². The number of hydrogen-bond donors (Lipinski definition) is 0. The molecule has 0 radical (unpaired) electrons. The highest BCUT2D eigenvalue weighted by Gasteiger charge is 2.13. The summed E-state index contributed by atoms with van der Waals surface area (Å²) >= 11 is 0. The van der Waals surface area contributed by atoms with E-state index in [1.54, 1.807) is 12.4 Å². The highest BCUT2D eigenvalue weighted by atomic mass is 16.5. The van der Waals surface area contributed by atoms with Crippen LogP contribution in [0, 0.1) is 6.92 Å². The van der Waals surface area contributed by atoms with Gasteiger partial charge in [-0.25, -0.2) is 0 Å². The lowest BCUT2D eigenvalue weighted by molar-refractivity contribution is 0.292. The first-order valence-electron chi connectivity index (χ1n) is 7.29. The second kappa shape index (κ2) is 5.60. The molecule has 0 bridgehead atoms. The van der Waals surface area contributed by atoms with Gasteiger partial charge in [-0.1, -0.05) is 18.2 Å². The molecule has 3 nitrogen and oxygen atoms in total. The molecule has 1 aromatic carbocycles. The number of ether oxygens (including phenoxy) is 1. The molecule has 0 atom stereocenters. The Morgan fingerprint density at radius 3 is 2.76 bits per heavy atom. The Morgan fingerprint density at radius 2 is 2.05 bits per heavy atom. The third-order valence-electron chi connectivity index (χ3n) is 3.68. The van der Waals surface area contributed by atoms with Gasteiger partial charge in [-0.05, 0) is 44.5 Å². The third kappa shape index (κ3) is 2.64. The number of benzene rings is 1. The smallest absolute Gasteiger partial charge is 0.138 e. The van der Waals surface area contributed by atoms with Gasteiger partial charge < -0.3 is 9.30 Å². The summed E-state index contributed by atoms with van der Waals surface area (Å²) < 4.78 is 8.23. The number of rotatable bonds is 4. The molecule has 0 N–H and O–H groups in total. The van der Waals surface area contributed by atoms with Crippen molar-refractivity contribution in [3.8, 4) is 5.75 Å². The van der Waals surface area contributed by atoms with E-state index in [1.807, 2.05) is 12.1 Å². The molecule has 0 spiro atoms. The first-order chi connectivity index (χ1) is 10.2. The molecule has 0 saturated heterocycles. The minimum atomic E-state index is 0.399. The average molecular weight is 280 g/mol. The predicted molar refractivity (Wildman–Crippen MR) is 85.6 cm³/mol. The number of pyridine rings is 1. The molecular weight excluding hydrogens is 260 g/mol. The lowest BCUT2D eigenvalue weighted by Gasteiger charge is -2.16. The average Bonchev–Trinajstić information content (AvgIpc) is 2.86. The molecule has 3 aromatic rings. The number of aryl methyl sites for hydroxylation is 1. The van der Waals surface area contributed by atoms with Crippen LogP contribution in [0.5, 0.6) is 5.75 Å². The number of aromatic nitrogens is 2. The summed E-state index contributed by atoms with van der Waals surface area (Å²) in [4.78, 5) is 4.08. The molecule has 2 heterocycles. The van der Waals surface area contributed by atoms with Crippen molar-refractivity contribution >= 4 is 10.9 Å². The molecule has 108 valence electrons. The van der Waals surface area contributed by atoms with Crippen molar-refractivity contribution in [1.82, 2.24) is 9.55 Å². The Balaban J connectivity index is 1.98. The predicted octanol–water partition coefficient (Wildman–Crippen LogP) is 4.50. The quantitative estimate of drug-likeness (QED) is 0.703. The van der Waals surface area contributed by atoms with Gasteiger partial charge in [0, 0.05) is 17.6 Å². The summed E-state index contributed by atoms with van der Waals surface area (Å²) in [5.41, 5.74) is 3.80. The lowest BCUT2D eigenvalue weighted by Crippen LogP contribution is -2.08. The van der Waals surface area contributed by atoms with E-state index < -0.39 is 0 Å². The van der Waals surface area contributed by atoms with E-state index in [2.05, 4.69) is 54.6 Å². The first kappa shape index (κ1) is 13.7. The van der Waals surface area contributed by atoms with Crippen LogP contribution in [0.15, 0.2) is 48.8 Å². The van der Waals surface area contributed by atoms with E-state index in [4.69, 9.17) is 4.74 Å². The van der Waals surface area contributed by atoms with Crippen LogP contribution in [0.4, 0.5) is 0 Å². The van der Waals surface area contributed by atoms with Crippen LogP contribution in [0.25, 0.3) is 10.9 Å². The van der Waals surface area contributed by atoms with Crippen molar-refractivity contribution in [1.29, 1.82) is 0 Å². The third-order valence-corrected chi connectivity index (χ3v) is 3.68. The van der Waals surface area contributed by atoms with E-state index in [9.17, 15) is 0 Å². The first-order valence-corrected chi connectivity index (χ1v) is 7.29. The van der Waals surface area contributed by atoms with Gasteiger partial charge in [-0.2, -0.15) is 0 Å². The molecule has 3 heteroatoms. The van der Waals surface area contributed by atoms with Gasteiger partial charge in [-0.15, -0.1) is 0 Å². The number of nitrogens with zero attached hydrogens (tertiary/aromatic N) is 2. The monoisotopic (exact) mass is 280 g/mol. The molecule has 0 unspecified atom stereocenters. The fourth-order valence-electron chi connectivity index (χ4n) is 2.81. The SMILES string of the molecule is Cc1cccc2cc(COc3cccnc3)n(C(C)C)c12. The van der Waals surface area contributed by atoms with Crippen LogP contribution in [-0.4, -0.2) is 9.55 Å². The Labute approximate surface area is 125 Å². The van der Waals surface area contributed by atoms with Crippen molar-refractivity contribution in [2.45, 2.75) is 33.4 Å². The largest absolute Gasteiger partial charge is 0.486 e. The molecule has 0 fully saturated rings. The maximum Gasteiger partial charge on any atom is 0.138 e. The molecule has 0 aliphatic heterocycles. The topological polar surface area (TPSA) is 27.1 Å². The summed E-state index contributed by atoms with van der Waals surface area (Å²) in [6.45, 7) is 7.13. The molecule has 2 aromatic heterocycles. The van der Waals surface area contributed by atoms with Crippen molar-refractivity contribution in [2.75, 3.05) is 0 Å². The molecule has 0 aliphatic rings. The van der Waals surface area contributed by atoms with E-state index >= 15 is 0 Å². The van der Waals surface area contributed by atoms with Gasteiger partial charge in [0.15, 0.2) is 0 Å². The standard InChI is InChI=1S/C18H20N2O/c1-13(2)20-16(12-21-17-8-5-9-19-11-17)10-15-7-4-6-14(3)18(15)20/h4-11,13H,12H2,1-3H3. The van der Waals surface area contributed by atoms with Crippen molar-refractivity contribution in [3.63, 3.8) is 0 Å². The van der Waals surface area contributed by atoms with Crippen LogP contribution in [0.1, 0.15) is 31.1 Å². The second-order valence-electron chi connectivity index (χ2n) is 5.59. The normalized spacial score (nSPS) is 11.2. The van der Waals surface area contributed by atoms with E-state index in [1.165, 1.54) is 22.2 Å². The fourth-order valence-corrected chi connectivity index (χ4v) is 2.81. The second-order valence-corrected chi connectivity index (χ2v) is 5.59. The summed E-state index contributed by atoms with van der Waals surface area (Å²) in [5, 5.41) is 1.27. The zero-order chi connectivity index (χ0) is 14.8. The number of hydrogen-bond acceptors (Lipinski definition) is 2. The van der Waals surface area contributed by atoms with Gasteiger partial charge >= 0.3 is 0 Å². The van der Waals surface area contributed by atoms with Crippen LogP contribution >= 0.6 is 0 Å². The van der Waals surface area contributed by atoms with Gasteiger partial charge in [0.1, 0.15) is 12.4 Å². The summed E-state index contributed by atoms with van der Waals surface area (Å²) in [6, 6.07) is 12.9. The zero-order valence-corrected chi connectivity index (χ0v) is 12.7. The highest BCUT2D eigenvalue weighted by molar-refractivity contribution is 5.84. The Kier molecular flexibility index (Phi) is 3.65. The summed E-state index contributed by atoms with van der Waals surface area (Å²) in [5.74, 6) is 0.801. The van der Waals surface area contributed by atoms with Crippen molar-refractivity contribution < 1.29 is 4.74 Å². The molecule has 3 rings (SSSR count). The molecule has 0 saturated carbocycles. The molecule has 0 amide bonds. The van der Waals surface area contributed by atoms with E-state index in [0.717, 1.165) is 5.75 Å². The van der Waals surface area contributed by atoms with Gasteiger partial charge in [0.05, 0.1) is 17.4 Å². The van der Waals surface area contributed by atoms with Crippen LogP contribution in [0.2, 0.25) is 0 Å². The minimum absolute atomic E-state index is 0.399. The Bertz CT molecular complexity index is 745. The number of fused-ring (bicyclic) bond motifs is 1. The number of para-hydroxylation sites is 1. The maximum absolute atomic E-state index is 5.87. The molecule has 0 aliphatic carbocycles. The zero-order valence-electron chi connectivity index (χ0n) is 12.7. The Hall–Kier alpha value is -2.29.